The summed E-state index contributed by atoms with van der Waals surface area (Å²) in [6, 6.07) is 5.86. The maximum atomic E-state index is 13.4. The molecule has 1 aromatic carbocycles. The van der Waals surface area contributed by atoms with Gasteiger partial charge in [0.1, 0.15) is 28.3 Å². The van der Waals surface area contributed by atoms with Crippen molar-refractivity contribution >= 4 is 43.2 Å². The Labute approximate surface area is 270 Å². The zero-order valence-corrected chi connectivity index (χ0v) is 27.2. The molecule has 4 N–H and O–H groups in total. The van der Waals surface area contributed by atoms with Crippen molar-refractivity contribution in [1.82, 2.24) is 19.9 Å². The average molecular weight is 669 g/mol. The number of ether oxygens (including phenoxy) is 1. The number of anilines is 2. The van der Waals surface area contributed by atoms with Crippen LogP contribution in [0.3, 0.4) is 0 Å². The summed E-state index contributed by atoms with van der Waals surface area (Å²) in [5.41, 5.74) is 3.27. The number of pyridine rings is 1. The van der Waals surface area contributed by atoms with E-state index < -0.39 is 45.6 Å². The van der Waals surface area contributed by atoms with Crippen molar-refractivity contribution in [3.8, 4) is 10.6 Å². The van der Waals surface area contributed by atoms with E-state index in [1.807, 2.05) is 19.2 Å². The molecule has 0 saturated heterocycles. The number of hydrogen-bond donors (Lipinski definition) is 4. The Kier molecular flexibility index (Phi) is 8.20. The predicted molar refractivity (Wildman–Crippen MR) is 173 cm³/mol. The lowest BCUT2D eigenvalue weighted by molar-refractivity contribution is 0.0216. The Bertz CT molecular complexity index is 1860. The van der Waals surface area contributed by atoms with E-state index in [0.29, 0.717) is 47.1 Å². The van der Waals surface area contributed by atoms with Crippen molar-refractivity contribution in [1.29, 1.82) is 0 Å². The van der Waals surface area contributed by atoms with E-state index in [2.05, 4.69) is 15.6 Å². The first-order valence-electron chi connectivity index (χ1n) is 15.5. The third-order valence-corrected chi connectivity index (χ3v) is 12.3. The van der Waals surface area contributed by atoms with Crippen LogP contribution in [0.4, 0.5) is 16.2 Å². The zero-order valence-electron chi connectivity index (χ0n) is 25.6. The highest BCUT2D eigenvalue weighted by molar-refractivity contribution is 7.91. The summed E-state index contributed by atoms with van der Waals surface area (Å²) in [5.74, 6) is -0.428. The molecule has 0 aliphatic heterocycles. The highest BCUT2D eigenvalue weighted by Gasteiger charge is 2.45. The minimum absolute atomic E-state index is 0.0331. The standard InChI is InChI=1S/C32H37FN6O5S2/c1-17-24(30-38-26-23(45-30)9-12-34-25(26)18-3-4-18)29(39-31(36-17)35-15-32(10-11-32)16-44-2)37-22-13-19(27(40)28(22)41)14-46(42,43)21-7-5-20(33)6-8-21/h5-9,12,18-19,22,27-28,40-41H,3-4,10-11,13-16H2,1-2H3,(H2,35,36,37,39)/t19-,22-,27-,28+/m1/s1. The molecule has 7 rings (SSSR count). The third kappa shape index (κ3) is 6.20. The van der Waals surface area contributed by atoms with Gasteiger partial charge in [-0.25, -0.2) is 22.8 Å². The van der Waals surface area contributed by atoms with Gasteiger partial charge in [-0.15, -0.1) is 11.3 Å². The summed E-state index contributed by atoms with van der Waals surface area (Å²) in [6.45, 7) is 3.17. The van der Waals surface area contributed by atoms with Gasteiger partial charge in [0.25, 0.3) is 0 Å². The van der Waals surface area contributed by atoms with Gasteiger partial charge in [-0.05, 0) is 69.4 Å². The van der Waals surface area contributed by atoms with Gasteiger partial charge in [0.15, 0.2) is 9.84 Å². The van der Waals surface area contributed by atoms with E-state index in [1.165, 1.54) is 23.5 Å². The largest absolute Gasteiger partial charge is 0.390 e. The van der Waals surface area contributed by atoms with Gasteiger partial charge in [-0.3, -0.25) is 4.98 Å². The van der Waals surface area contributed by atoms with Crippen LogP contribution in [0.1, 0.15) is 49.4 Å². The van der Waals surface area contributed by atoms with Crippen LogP contribution >= 0.6 is 11.3 Å². The molecule has 3 aromatic heterocycles. The summed E-state index contributed by atoms with van der Waals surface area (Å²) in [4.78, 5) is 19.2. The van der Waals surface area contributed by atoms with Crippen LogP contribution in [0.5, 0.6) is 0 Å². The number of hydrogen-bond acceptors (Lipinski definition) is 12. The Balaban J connectivity index is 1.20. The van der Waals surface area contributed by atoms with Crippen molar-refractivity contribution < 1.29 is 27.8 Å². The van der Waals surface area contributed by atoms with Crippen molar-refractivity contribution in [2.75, 3.05) is 36.6 Å². The molecule has 3 aliphatic carbocycles. The lowest BCUT2D eigenvalue weighted by atomic mass is 10.1. The lowest BCUT2D eigenvalue weighted by Crippen LogP contribution is -2.36. The fourth-order valence-electron chi connectivity index (χ4n) is 6.40. The monoisotopic (exact) mass is 668 g/mol. The van der Waals surface area contributed by atoms with E-state index in [1.54, 1.807) is 7.11 Å². The number of nitrogens with one attached hydrogen (secondary N) is 2. The molecule has 0 spiro atoms. The average Bonchev–Trinajstić information content (AvgIpc) is 3.95. The number of halogens is 1. The van der Waals surface area contributed by atoms with E-state index in [-0.39, 0.29) is 16.7 Å². The molecule has 3 fully saturated rings. The topological polar surface area (TPSA) is 159 Å². The van der Waals surface area contributed by atoms with Gasteiger partial charge in [-0.1, -0.05) is 0 Å². The van der Waals surface area contributed by atoms with Crippen LogP contribution in [0.2, 0.25) is 0 Å². The van der Waals surface area contributed by atoms with Crippen molar-refractivity contribution in [2.45, 2.75) is 68.1 Å². The van der Waals surface area contributed by atoms with Crippen molar-refractivity contribution in [3.63, 3.8) is 0 Å². The molecule has 11 nitrogen and oxygen atoms in total. The molecule has 0 radical (unpaired) electrons. The second-order valence-electron chi connectivity index (χ2n) is 12.9. The summed E-state index contributed by atoms with van der Waals surface area (Å²) in [6.07, 6.45) is 3.72. The molecule has 46 heavy (non-hydrogen) atoms. The van der Waals surface area contributed by atoms with E-state index in [4.69, 9.17) is 19.7 Å². The van der Waals surface area contributed by atoms with Gasteiger partial charge in [0, 0.05) is 37.1 Å². The quantitative estimate of drug-likeness (QED) is 0.159. The number of aliphatic hydroxyl groups excluding tert-OH is 2. The minimum atomic E-state index is -3.84. The second kappa shape index (κ2) is 12.1. The van der Waals surface area contributed by atoms with Crippen LogP contribution in [-0.4, -0.2) is 82.8 Å². The number of fused-ring (bicyclic) bond motifs is 1. The second-order valence-corrected chi connectivity index (χ2v) is 16.0. The van der Waals surface area contributed by atoms with E-state index in [0.717, 1.165) is 53.7 Å². The van der Waals surface area contributed by atoms with Crippen LogP contribution in [0.25, 0.3) is 20.8 Å². The SMILES string of the molecule is COCC1(CNc2nc(C)c(-c3nc4c(C5CC5)nccc4s3)c(N[C@@H]3C[C@H](CS(=O)(=O)c4ccc(F)cc4)[C@@H](O)[C@H]3O)n2)CC1. The van der Waals surface area contributed by atoms with Gasteiger partial charge in [0.2, 0.25) is 5.95 Å². The maximum Gasteiger partial charge on any atom is 0.224 e. The smallest absolute Gasteiger partial charge is 0.224 e. The maximum absolute atomic E-state index is 13.4. The number of rotatable bonds is 12. The number of thiazole rings is 1. The molecule has 3 saturated carbocycles. The Hall–Kier alpha value is -3.30. The number of methoxy groups -OCH3 is 1. The first-order valence-corrected chi connectivity index (χ1v) is 18.0. The normalized spacial score (nSPS) is 23.9. The molecule has 0 bridgehead atoms. The highest BCUT2D eigenvalue weighted by atomic mass is 32.2. The fraction of sp³-hybridized carbons (Fsp3) is 0.500. The highest BCUT2D eigenvalue weighted by Crippen LogP contribution is 2.46. The minimum Gasteiger partial charge on any atom is -0.390 e. The van der Waals surface area contributed by atoms with Gasteiger partial charge in [0.05, 0.1) is 51.1 Å². The summed E-state index contributed by atoms with van der Waals surface area (Å²) >= 11 is 1.52. The molecular formula is C32H37FN6O5S2. The summed E-state index contributed by atoms with van der Waals surface area (Å²) in [7, 11) is -2.15. The number of nitrogens with zero attached hydrogens (tertiary/aromatic N) is 4. The zero-order chi connectivity index (χ0) is 32.2. The fourth-order valence-corrected chi connectivity index (χ4v) is 9.11. The van der Waals surface area contributed by atoms with Crippen LogP contribution in [0.15, 0.2) is 41.4 Å². The number of aryl methyl sites for hydroxylation is 1. The van der Waals surface area contributed by atoms with Crippen molar-refractivity contribution in [2.24, 2.45) is 11.3 Å². The Morgan fingerprint density at radius 3 is 2.54 bits per heavy atom. The van der Waals surface area contributed by atoms with Crippen molar-refractivity contribution in [3.05, 3.63) is 53.7 Å². The van der Waals surface area contributed by atoms with Crippen LogP contribution in [0, 0.1) is 24.1 Å². The first-order chi connectivity index (χ1) is 22.1. The lowest BCUT2D eigenvalue weighted by Gasteiger charge is -2.22. The molecule has 0 unspecified atom stereocenters. The van der Waals surface area contributed by atoms with Crippen LogP contribution < -0.4 is 10.6 Å². The number of sulfone groups is 1. The molecule has 0 amide bonds. The van der Waals surface area contributed by atoms with Gasteiger partial charge < -0.3 is 25.6 Å². The number of benzene rings is 1. The Morgan fingerprint density at radius 2 is 1.85 bits per heavy atom. The van der Waals surface area contributed by atoms with Gasteiger partial charge >= 0.3 is 0 Å². The summed E-state index contributed by atoms with van der Waals surface area (Å²) < 4.78 is 46.1. The Morgan fingerprint density at radius 1 is 1.09 bits per heavy atom. The predicted octanol–water partition coefficient (Wildman–Crippen LogP) is 4.31. The molecule has 14 heteroatoms. The molecule has 4 aromatic rings. The number of aromatic nitrogens is 4. The third-order valence-electron chi connectivity index (χ3n) is 9.36. The molecule has 3 heterocycles. The molecule has 3 aliphatic rings. The van der Waals surface area contributed by atoms with E-state index in [9.17, 15) is 23.0 Å². The van der Waals surface area contributed by atoms with Gasteiger partial charge in [-0.2, -0.15) is 4.98 Å². The molecule has 4 atom stereocenters. The summed E-state index contributed by atoms with van der Waals surface area (Å²) in [5, 5.41) is 29.5. The molecular weight excluding hydrogens is 632 g/mol. The van der Waals surface area contributed by atoms with Crippen LogP contribution in [-0.2, 0) is 14.6 Å². The molecule has 244 valence electrons. The first kappa shape index (κ1) is 31.3. The number of aliphatic hydroxyl groups is 2. The van der Waals surface area contributed by atoms with E-state index >= 15 is 0 Å².